The van der Waals surface area contributed by atoms with Gasteiger partial charge >= 0.3 is 5.97 Å². The Hall–Kier alpha value is -1.52. The third-order valence-corrected chi connectivity index (χ3v) is 2.99. The summed E-state index contributed by atoms with van der Waals surface area (Å²) >= 11 is 12.0. The number of fused-ring (bicyclic) bond motifs is 1. The van der Waals surface area contributed by atoms with Crippen molar-refractivity contribution in [3.05, 3.63) is 33.9 Å². The monoisotopic (exact) mass is 270 g/mol. The van der Waals surface area contributed by atoms with E-state index in [-0.39, 0.29) is 11.3 Å². The van der Waals surface area contributed by atoms with E-state index in [1.807, 2.05) is 0 Å². The molecule has 0 unspecified atom stereocenters. The van der Waals surface area contributed by atoms with Crippen LogP contribution in [0.15, 0.2) is 18.3 Å². The molecule has 0 aliphatic rings. The number of carbonyl (C=O) groups is 1. The Bertz CT molecular complexity index is 614. The summed E-state index contributed by atoms with van der Waals surface area (Å²) in [5.41, 5.74) is 6.73. The van der Waals surface area contributed by atoms with Crippen molar-refractivity contribution in [2.24, 2.45) is 0 Å². The van der Waals surface area contributed by atoms with E-state index >= 15 is 0 Å². The molecule has 1 aromatic carbocycles. The van der Waals surface area contributed by atoms with Gasteiger partial charge in [0.05, 0.1) is 28.4 Å². The molecule has 2 aromatic rings. The minimum atomic E-state index is -0.562. The molecule has 88 valence electrons. The highest BCUT2D eigenvalue weighted by Crippen LogP contribution is 2.34. The predicted octanol–water partition coefficient (Wildman–Crippen LogP) is 2.91. The van der Waals surface area contributed by atoms with Gasteiger partial charge in [-0.1, -0.05) is 23.2 Å². The molecule has 0 bridgehead atoms. The molecule has 0 radical (unpaired) electrons. The van der Waals surface area contributed by atoms with Gasteiger partial charge in [-0.05, 0) is 12.1 Å². The lowest BCUT2D eigenvalue weighted by Gasteiger charge is -2.09. The summed E-state index contributed by atoms with van der Waals surface area (Å²) in [4.78, 5) is 15.5. The van der Waals surface area contributed by atoms with Crippen LogP contribution >= 0.6 is 23.2 Å². The van der Waals surface area contributed by atoms with Crippen molar-refractivity contribution in [3.8, 4) is 0 Å². The number of nitrogens with two attached hydrogens (primary N) is 1. The van der Waals surface area contributed by atoms with Crippen LogP contribution in [0.2, 0.25) is 10.0 Å². The second-order valence-electron chi connectivity index (χ2n) is 3.33. The van der Waals surface area contributed by atoms with Gasteiger partial charge in [-0.25, -0.2) is 4.79 Å². The van der Waals surface area contributed by atoms with Crippen molar-refractivity contribution < 1.29 is 9.53 Å². The number of pyridine rings is 1. The summed E-state index contributed by atoms with van der Waals surface area (Å²) in [6.07, 6.45) is 1.33. The lowest BCUT2D eigenvalue weighted by molar-refractivity contribution is 0.0601. The van der Waals surface area contributed by atoms with E-state index in [0.29, 0.717) is 20.9 Å². The summed E-state index contributed by atoms with van der Waals surface area (Å²) < 4.78 is 4.60. The molecule has 6 heteroatoms. The Labute approximate surface area is 107 Å². The number of rotatable bonds is 1. The highest BCUT2D eigenvalue weighted by atomic mass is 35.5. The Balaban J connectivity index is 2.84. The van der Waals surface area contributed by atoms with E-state index in [0.717, 1.165) is 0 Å². The highest BCUT2D eigenvalue weighted by Gasteiger charge is 2.16. The van der Waals surface area contributed by atoms with E-state index in [2.05, 4.69) is 9.72 Å². The first-order chi connectivity index (χ1) is 8.06. The molecule has 0 atom stereocenters. The first-order valence-electron chi connectivity index (χ1n) is 4.66. The number of aromatic nitrogens is 1. The third kappa shape index (κ3) is 1.90. The summed E-state index contributed by atoms with van der Waals surface area (Å²) in [6.45, 7) is 0. The SMILES string of the molecule is COC(=O)c1cnc2c(Cl)ccc(Cl)c2c1N. The van der Waals surface area contributed by atoms with Crippen LogP contribution < -0.4 is 5.73 Å². The van der Waals surface area contributed by atoms with Crippen LogP contribution in [0.25, 0.3) is 10.9 Å². The number of carbonyl (C=O) groups excluding carboxylic acids is 1. The predicted molar refractivity (Wildman–Crippen MR) is 67.5 cm³/mol. The molecule has 0 saturated carbocycles. The van der Waals surface area contributed by atoms with Gasteiger partial charge in [-0.3, -0.25) is 4.98 Å². The lowest BCUT2D eigenvalue weighted by atomic mass is 10.1. The van der Waals surface area contributed by atoms with Crippen LogP contribution in [-0.2, 0) is 4.74 Å². The van der Waals surface area contributed by atoms with E-state index in [4.69, 9.17) is 28.9 Å². The maximum absolute atomic E-state index is 11.5. The van der Waals surface area contributed by atoms with Crippen LogP contribution in [0.4, 0.5) is 5.69 Å². The Morgan fingerprint density at radius 2 is 2.00 bits per heavy atom. The topological polar surface area (TPSA) is 65.2 Å². The number of nitrogen functional groups attached to an aromatic ring is 1. The molecule has 2 N–H and O–H groups in total. The third-order valence-electron chi connectivity index (χ3n) is 2.37. The van der Waals surface area contributed by atoms with Gasteiger partial charge in [0.25, 0.3) is 0 Å². The molecule has 0 saturated heterocycles. The molecule has 0 aliphatic carbocycles. The van der Waals surface area contributed by atoms with E-state index < -0.39 is 5.97 Å². The minimum Gasteiger partial charge on any atom is -0.465 e. The first kappa shape index (κ1) is 12.0. The summed E-state index contributed by atoms with van der Waals surface area (Å²) in [6, 6.07) is 3.22. The summed E-state index contributed by atoms with van der Waals surface area (Å²) in [7, 11) is 1.27. The molecule has 0 amide bonds. The zero-order valence-corrected chi connectivity index (χ0v) is 10.3. The lowest BCUT2D eigenvalue weighted by Crippen LogP contribution is -2.07. The number of anilines is 1. The number of hydrogen-bond acceptors (Lipinski definition) is 4. The fraction of sp³-hybridized carbons (Fsp3) is 0.0909. The van der Waals surface area contributed by atoms with Crippen LogP contribution in [0.5, 0.6) is 0 Å². The van der Waals surface area contributed by atoms with Crippen molar-refractivity contribution in [2.75, 3.05) is 12.8 Å². The number of benzene rings is 1. The standard InChI is InChI=1S/C11H8Cl2N2O2/c1-17-11(16)5-4-15-10-7(13)3-2-6(12)8(10)9(5)14/h2-4H,1H3,(H2,14,15). The van der Waals surface area contributed by atoms with E-state index in [9.17, 15) is 4.79 Å². The molecule has 0 fully saturated rings. The maximum Gasteiger partial charge on any atom is 0.341 e. The van der Waals surface area contributed by atoms with Gasteiger partial charge in [-0.2, -0.15) is 0 Å². The number of esters is 1. The van der Waals surface area contributed by atoms with Crippen molar-refractivity contribution in [2.45, 2.75) is 0 Å². The number of halogens is 2. The van der Waals surface area contributed by atoms with Crippen molar-refractivity contribution >= 4 is 45.8 Å². The Morgan fingerprint density at radius 1 is 1.35 bits per heavy atom. The average Bonchev–Trinajstić information content (AvgIpc) is 2.33. The van der Waals surface area contributed by atoms with Crippen molar-refractivity contribution in [1.29, 1.82) is 0 Å². The van der Waals surface area contributed by atoms with Crippen LogP contribution in [0, 0.1) is 0 Å². The van der Waals surface area contributed by atoms with Gasteiger partial charge in [0, 0.05) is 11.6 Å². The van der Waals surface area contributed by atoms with Crippen LogP contribution in [0.1, 0.15) is 10.4 Å². The molecule has 1 heterocycles. The fourth-order valence-electron chi connectivity index (χ4n) is 1.53. The number of methoxy groups -OCH3 is 1. The van der Waals surface area contributed by atoms with Crippen molar-refractivity contribution in [1.82, 2.24) is 4.98 Å². The second-order valence-corrected chi connectivity index (χ2v) is 4.14. The Kier molecular flexibility index (Phi) is 3.09. The minimum absolute atomic E-state index is 0.171. The quantitative estimate of drug-likeness (QED) is 0.810. The first-order valence-corrected chi connectivity index (χ1v) is 5.42. The molecule has 17 heavy (non-hydrogen) atoms. The summed E-state index contributed by atoms with van der Waals surface area (Å²) in [5.74, 6) is -0.562. The van der Waals surface area contributed by atoms with Gasteiger partial charge in [-0.15, -0.1) is 0 Å². The Morgan fingerprint density at radius 3 is 2.65 bits per heavy atom. The number of ether oxygens (including phenoxy) is 1. The largest absolute Gasteiger partial charge is 0.465 e. The smallest absolute Gasteiger partial charge is 0.341 e. The zero-order chi connectivity index (χ0) is 12.6. The molecule has 2 rings (SSSR count). The van der Waals surface area contributed by atoms with Gasteiger partial charge in [0.1, 0.15) is 5.56 Å². The zero-order valence-electron chi connectivity index (χ0n) is 8.83. The molecule has 4 nitrogen and oxygen atoms in total. The van der Waals surface area contributed by atoms with E-state index in [1.54, 1.807) is 12.1 Å². The molecule has 0 spiro atoms. The van der Waals surface area contributed by atoms with Gasteiger partial charge in [0.2, 0.25) is 0 Å². The van der Waals surface area contributed by atoms with Gasteiger partial charge < -0.3 is 10.5 Å². The van der Waals surface area contributed by atoms with Crippen LogP contribution in [-0.4, -0.2) is 18.1 Å². The van der Waals surface area contributed by atoms with Crippen LogP contribution in [0.3, 0.4) is 0 Å². The van der Waals surface area contributed by atoms with Gasteiger partial charge in [0.15, 0.2) is 0 Å². The fourth-order valence-corrected chi connectivity index (χ4v) is 1.99. The number of nitrogens with zero attached hydrogens (tertiary/aromatic N) is 1. The normalized spacial score (nSPS) is 10.5. The maximum atomic E-state index is 11.5. The summed E-state index contributed by atoms with van der Waals surface area (Å²) in [5, 5.41) is 1.27. The van der Waals surface area contributed by atoms with Crippen molar-refractivity contribution in [3.63, 3.8) is 0 Å². The molecule has 1 aromatic heterocycles. The number of hydrogen-bond donors (Lipinski definition) is 1. The molecule has 0 aliphatic heterocycles. The molecular formula is C11H8Cl2N2O2. The van der Waals surface area contributed by atoms with E-state index in [1.165, 1.54) is 13.3 Å². The highest BCUT2D eigenvalue weighted by molar-refractivity contribution is 6.41. The average molecular weight is 271 g/mol. The molecular weight excluding hydrogens is 263 g/mol. The second kappa shape index (κ2) is 4.39.